The highest BCUT2D eigenvalue weighted by Crippen LogP contribution is 2.26. The van der Waals surface area contributed by atoms with Crippen molar-refractivity contribution < 1.29 is 22.8 Å². The molecule has 8 heteroatoms. The Morgan fingerprint density at radius 2 is 2.11 bits per heavy atom. The zero-order valence-electron chi connectivity index (χ0n) is 15.5. The molecule has 1 aromatic rings. The molecule has 6 nitrogen and oxygen atoms in total. The van der Waals surface area contributed by atoms with E-state index in [0.717, 1.165) is 51.5 Å². The van der Waals surface area contributed by atoms with Crippen molar-refractivity contribution >= 4 is 27.5 Å². The molecule has 3 aliphatic heterocycles. The molecule has 1 N–H and O–H groups in total. The third-order valence-electron chi connectivity index (χ3n) is 5.66. The van der Waals surface area contributed by atoms with Gasteiger partial charge in [-0.1, -0.05) is 0 Å². The highest BCUT2D eigenvalue weighted by Gasteiger charge is 2.30. The van der Waals surface area contributed by atoms with Crippen LogP contribution in [0.3, 0.4) is 0 Å². The van der Waals surface area contributed by atoms with Crippen molar-refractivity contribution in [2.24, 2.45) is 0 Å². The van der Waals surface area contributed by atoms with Crippen LogP contribution >= 0.6 is 11.8 Å². The standard InChI is InChI=1S/C19H26N2O4S2/c22-19(13-26-17-4-10-27(23,24)14-17)21-7-5-20(6-8-21)12-15-1-2-18-16(11-15)3-9-25-18/h1-2,11,17H,3-10,12-14H2/p+1/t17-/m0/s1. The van der Waals surface area contributed by atoms with E-state index in [0.29, 0.717) is 12.2 Å². The van der Waals surface area contributed by atoms with Gasteiger partial charge in [-0.15, -0.1) is 11.8 Å². The number of ether oxygens (including phenoxy) is 1. The molecule has 3 heterocycles. The van der Waals surface area contributed by atoms with Gasteiger partial charge in [-0.25, -0.2) is 8.42 Å². The van der Waals surface area contributed by atoms with Gasteiger partial charge in [0.25, 0.3) is 0 Å². The van der Waals surface area contributed by atoms with Gasteiger partial charge in [-0.2, -0.15) is 0 Å². The molecule has 3 aliphatic rings. The smallest absolute Gasteiger partial charge is 0.232 e. The van der Waals surface area contributed by atoms with E-state index in [1.807, 2.05) is 4.90 Å². The summed E-state index contributed by atoms with van der Waals surface area (Å²) in [5.41, 5.74) is 2.65. The van der Waals surface area contributed by atoms with Gasteiger partial charge in [0.1, 0.15) is 12.3 Å². The maximum absolute atomic E-state index is 12.4. The Balaban J connectivity index is 1.21. The van der Waals surface area contributed by atoms with Crippen LogP contribution in [0.5, 0.6) is 5.75 Å². The molecule has 1 atom stereocenters. The van der Waals surface area contributed by atoms with E-state index in [-0.39, 0.29) is 22.7 Å². The van der Waals surface area contributed by atoms with Crippen LogP contribution in [0.2, 0.25) is 0 Å². The second-order valence-corrected chi connectivity index (χ2v) is 11.2. The summed E-state index contributed by atoms with van der Waals surface area (Å²) in [5.74, 6) is 2.08. The van der Waals surface area contributed by atoms with Crippen LogP contribution < -0.4 is 9.64 Å². The monoisotopic (exact) mass is 411 g/mol. The quantitative estimate of drug-likeness (QED) is 0.725. The summed E-state index contributed by atoms with van der Waals surface area (Å²) in [6, 6.07) is 6.50. The highest BCUT2D eigenvalue weighted by molar-refractivity contribution is 8.02. The first-order valence-corrected chi connectivity index (χ1v) is 12.5. The summed E-state index contributed by atoms with van der Waals surface area (Å²) in [7, 11) is -2.87. The Hall–Kier alpha value is -1.25. The number of carbonyl (C=O) groups excluding carboxylic acids is 1. The molecule has 2 fully saturated rings. The fourth-order valence-electron chi connectivity index (χ4n) is 4.06. The first kappa shape index (κ1) is 19.1. The Kier molecular flexibility index (Phi) is 5.66. The minimum absolute atomic E-state index is 0.0923. The molecule has 0 saturated carbocycles. The average Bonchev–Trinajstić information content (AvgIpc) is 3.25. The third-order valence-corrected chi connectivity index (χ3v) is 8.93. The number of piperazine rings is 1. The number of benzene rings is 1. The van der Waals surface area contributed by atoms with Crippen molar-refractivity contribution in [3.63, 3.8) is 0 Å². The lowest BCUT2D eigenvalue weighted by Crippen LogP contribution is -3.13. The van der Waals surface area contributed by atoms with Crippen molar-refractivity contribution in [3.8, 4) is 5.75 Å². The predicted molar refractivity (Wildman–Crippen MR) is 106 cm³/mol. The van der Waals surface area contributed by atoms with E-state index < -0.39 is 9.84 Å². The Morgan fingerprint density at radius 1 is 1.30 bits per heavy atom. The van der Waals surface area contributed by atoms with Gasteiger partial charge in [0.05, 0.1) is 50.0 Å². The number of fused-ring (bicyclic) bond motifs is 1. The maximum atomic E-state index is 12.4. The number of rotatable bonds is 5. The van der Waals surface area contributed by atoms with Crippen molar-refractivity contribution in [1.29, 1.82) is 0 Å². The number of amides is 1. The van der Waals surface area contributed by atoms with Crippen molar-refractivity contribution in [2.75, 3.05) is 50.0 Å². The molecule has 1 aromatic carbocycles. The number of thioether (sulfide) groups is 1. The van der Waals surface area contributed by atoms with E-state index in [1.54, 1.807) is 0 Å². The topological polar surface area (TPSA) is 68.1 Å². The first-order chi connectivity index (χ1) is 13.0. The van der Waals surface area contributed by atoms with E-state index in [1.165, 1.54) is 27.8 Å². The number of hydrogen-bond donors (Lipinski definition) is 1. The van der Waals surface area contributed by atoms with Crippen LogP contribution in [-0.2, 0) is 27.6 Å². The van der Waals surface area contributed by atoms with Gasteiger partial charge in [0.2, 0.25) is 5.91 Å². The zero-order chi connectivity index (χ0) is 18.9. The summed E-state index contributed by atoms with van der Waals surface area (Å²) in [6.45, 7) is 5.27. The summed E-state index contributed by atoms with van der Waals surface area (Å²) < 4.78 is 28.6. The van der Waals surface area contributed by atoms with Crippen molar-refractivity contribution in [1.82, 2.24) is 4.90 Å². The summed E-state index contributed by atoms with van der Waals surface area (Å²) in [6.07, 6.45) is 1.69. The Bertz CT molecular complexity index is 804. The average molecular weight is 412 g/mol. The fourth-order valence-corrected chi connectivity index (χ4v) is 7.61. The Labute approximate surface area is 165 Å². The number of carbonyl (C=O) groups is 1. The van der Waals surface area contributed by atoms with Gasteiger partial charge >= 0.3 is 0 Å². The molecule has 0 aromatic heterocycles. The summed E-state index contributed by atoms with van der Waals surface area (Å²) >= 11 is 1.51. The lowest BCUT2D eigenvalue weighted by atomic mass is 10.1. The molecule has 27 heavy (non-hydrogen) atoms. The number of hydrogen-bond acceptors (Lipinski definition) is 5. The van der Waals surface area contributed by atoms with E-state index >= 15 is 0 Å². The Morgan fingerprint density at radius 3 is 2.85 bits per heavy atom. The van der Waals surface area contributed by atoms with Crippen LogP contribution in [0, 0.1) is 0 Å². The second kappa shape index (κ2) is 8.01. The first-order valence-electron chi connectivity index (χ1n) is 9.66. The molecule has 4 rings (SSSR count). The van der Waals surface area contributed by atoms with Crippen LogP contribution in [0.1, 0.15) is 17.5 Å². The number of quaternary nitrogens is 1. The molecule has 148 valence electrons. The van der Waals surface area contributed by atoms with E-state index in [4.69, 9.17) is 4.74 Å². The SMILES string of the molecule is O=C(CS[C@H]1CCS(=O)(=O)C1)N1CC[NH+](Cc2ccc3c(c2)CCO3)CC1. The summed E-state index contributed by atoms with van der Waals surface area (Å²) in [5, 5.41) is 0.0923. The molecule has 1 amide bonds. The largest absolute Gasteiger partial charge is 0.493 e. The van der Waals surface area contributed by atoms with Crippen molar-refractivity contribution in [3.05, 3.63) is 29.3 Å². The minimum Gasteiger partial charge on any atom is -0.493 e. The predicted octanol–water partition coefficient (Wildman–Crippen LogP) is -0.231. The zero-order valence-corrected chi connectivity index (χ0v) is 17.1. The van der Waals surface area contributed by atoms with Gasteiger partial charge < -0.3 is 14.5 Å². The highest BCUT2D eigenvalue weighted by atomic mass is 32.2. The lowest BCUT2D eigenvalue weighted by molar-refractivity contribution is -0.917. The van der Waals surface area contributed by atoms with Gasteiger partial charge in [-0.3, -0.25) is 4.79 Å². The number of sulfone groups is 1. The molecular formula is C19H27N2O4S2+. The number of nitrogens with zero attached hydrogens (tertiary/aromatic N) is 1. The summed E-state index contributed by atoms with van der Waals surface area (Å²) in [4.78, 5) is 15.9. The van der Waals surface area contributed by atoms with Crippen LogP contribution in [-0.4, -0.2) is 74.5 Å². The third kappa shape index (κ3) is 4.78. The molecule has 0 spiro atoms. The minimum atomic E-state index is -2.87. The fraction of sp³-hybridized carbons (Fsp3) is 0.632. The van der Waals surface area contributed by atoms with Crippen LogP contribution in [0.15, 0.2) is 18.2 Å². The van der Waals surface area contributed by atoms with E-state index in [9.17, 15) is 13.2 Å². The molecule has 0 unspecified atom stereocenters. The molecule has 0 radical (unpaired) electrons. The van der Waals surface area contributed by atoms with E-state index in [2.05, 4.69) is 18.2 Å². The molecule has 0 aliphatic carbocycles. The van der Waals surface area contributed by atoms with Crippen LogP contribution in [0.25, 0.3) is 0 Å². The lowest BCUT2D eigenvalue weighted by Gasteiger charge is -2.32. The molecule has 0 bridgehead atoms. The second-order valence-electron chi connectivity index (χ2n) is 7.68. The maximum Gasteiger partial charge on any atom is 0.232 e. The van der Waals surface area contributed by atoms with Gasteiger partial charge in [-0.05, 0) is 30.2 Å². The number of nitrogens with one attached hydrogen (secondary N) is 1. The normalized spacial score (nSPS) is 24.6. The van der Waals surface area contributed by atoms with Crippen LogP contribution in [0.4, 0.5) is 0 Å². The van der Waals surface area contributed by atoms with Crippen molar-refractivity contribution in [2.45, 2.75) is 24.6 Å². The molecular weight excluding hydrogens is 384 g/mol. The van der Waals surface area contributed by atoms with Gasteiger partial charge in [0.15, 0.2) is 9.84 Å². The van der Waals surface area contributed by atoms with Gasteiger partial charge in [0, 0.05) is 17.2 Å². The molecule has 2 saturated heterocycles.